The van der Waals surface area contributed by atoms with Gasteiger partial charge in [0.1, 0.15) is 0 Å². The van der Waals surface area contributed by atoms with Crippen LogP contribution in [-0.4, -0.2) is 21.3 Å². The van der Waals surface area contributed by atoms with Crippen molar-refractivity contribution in [2.45, 2.75) is 26.4 Å². The fourth-order valence-electron chi connectivity index (χ4n) is 1.53. The summed E-state index contributed by atoms with van der Waals surface area (Å²) in [4.78, 5) is 3.96. The maximum absolute atomic E-state index is 4.90. The van der Waals surface area contributed by atoms with Crippen LogP contribution in [0.15, 0.2) is 29.3 Å². The maximum atomic E-state index is 4.90. The highest BCUT2D eigenvalue weighted by Gasteiger charge is 1.99. The average Bonchev–Trinajstić information content (AvgIpc) is 2.95. The Morgan fingerprint density at radius 2 is 2.44 bits per heavy atom. The molecule has 86 valence electrons. The van der Waals surface area contributed by atoms with Crippen LogP contribution >= 0.6 is 0 Å². The minimum absolute atomic E-state index is 0.679. The van der Waals surface area contributed by atoms with E-state index in [0.717, 1.165) is 26.1 Å². The van der Waals surface area contributed by atoms with Gasteiger partial charge in [-0.2, -0.15) is 4.98 Å². The Morgan fingerprint density at radius 1 is 1.50 bits per heavy atom. The SMILES string of the molecule is CCn1ccc(CNCCc2ncno2)c1. The summed E-state index contributed by atoms with van der Waals surface area (Å²) in [6.45, 7) is 4.87. The number of hydrogen-bond acceptors (Lipinski definition) is 4. The summed E-state index contributed by atoms with van der Waals surface area (Å²) < 4.78 is 7.06. The van der Waals surface area contributed by atoms with E-state index in [2.05, 4.69) is 45.4 Å². The third-order valence-corrected chi connectivity index (χ3v) is 2.43. The summed E-state index contributed by atoms with van der Waals surface area (Å²) >= 11 is 0. The van der Waals surface area contributed by atoms with Crippen molar-refractivity contribution in [3.63, 3.8) is 0 Å². The van der Waals surface area contributed by atoms with Crippen molar-refractivity contribution in [1.82, 2.24) is 20.0 Å². The fourth-order valence-corrected chi connectivity index (χ4v) is 1.53. The number of rotatable bonds is 6. The number of nitrogens with one attached hydrogen (secondary N) is 1. The number of aryl methyl sites for hydroxylation is 1. The molecule has 0 aliphatic rings. The van der Waals surface area contributed by atoms with Crippen molar-refractivity contribution in [3.05, 3.63) is 36.2 Å². The lowest BCUT2D eigenvalue weighted by Gasteiger charge is -2.00. The van der Waals surface area contributed by atoms with Gasteiger partial charge in [-0.25, -0.2) is 0 Å². The summed E-state index contributed by atoms with van der Waals surface area (Å²) in [6, 6.07) is 2.13. The molecule has 0 spiro atoms. The Kier molecular flexibility index (Phi) is 3.71. The van der Waals surface area contributed by atoms with Gasteiger partial charge in [-0.15, -0.1) is 0 Å². The first-order valence-corrected chi connectivity index (χ1v) is 5.49. The van der Waals surface area contributed by atoms with Gasteiger partial charge in [0.15, 0.2) is 6.33 Å². The predicted octanol–water partition coefficient (Wildman–Crippen LogP) is 1.22. The number of nitrogens with zero attached hydrogens (tertiary/aromatic N) is 3. The van der Waals surface area contributed by atoms with E-state index in [9.17, 15) is 0 Å². The largest absolute Gasteiger partial charge is 0.354 e. The van der Waals surface area contributed by atoms with E-state index in [0.29, 0.717) is 5.89 Å². The van der Waals surface area contributed by atoms with Crippen LogP contribution in [0.4, 0.5) is 0 Å². The monoisotopic (exact) mass is 220 g/mol. The van der Waals surface area contributed by atoms with Gasteiger partial charge in [0.25, 0.3) is 0 Å². The topological polar surface area (TPSA) is 55.9 Å². The quantitative estimate of drug-likeness (QED) is 0.744. The van der Waals surface area contributed by atoms with Crippen LogP contribution in [0, 0.1) is 0 Å². The van der Waals surface area contributed by atoms with Gasteiger partial charge in [0, 0.05) is 38.4 Å². The Balaban J connectivity index is 1.68. The first kappa shape index (κ1) is 10.9. The maximum Gasteiger partial charge on any atom is 0.227 e. The van der Waals surface area contributed by atoms with Crippen molar-refractivity contribution in [2.75, 3.05) is 6.54 Å². The van der Waals surface area contributed by atoms with E-state index in [4.69, 9.17) is 4.52 Å². The molecule has 5 nitrogen and oxygen atoms in total. The van der Waals surface area contributed by atoms with Gasteiger partial charge >= 0.3 is 0 Å². The van der Waals surface area contributed by atoms with E-state index < -0.39 is 0 Å². The number of hydrogen-bond donors (Lipinski definition) is 1. The predicted molar refractivity (Wildman–Crippen MR) is 59.8 cm³/mol. The Bertz CT molecular complexity index is 407. The molecule has 0 unspecified atom stereocenters. The third kappa shape index (κ3) is 2.93. The van der Waals surface area contributed by atoms with Crippen LogP contribution in [0.25, 0.3) is 0 Å². The lowest BCUT2D eigenvalue weighted by Crippen LogP contribution is -2.16. The van der Waals surface area contributed by atoms with E-state index in [-0.39, 0.29) is 0 Å². The molecule has 5 heteroatoms. The van der Waals surface area contributed by atoms with Gasteiger partial charge in [0.05, 0.1) is 0 Å². The molecule has 0 atom stereocenters. The highest BCUT2D eigenvalue weighted by molar-refractivity contribution is 5.09. The molecule has 0 aliphatic carbocycles. The van der Waals surface area contributed by atoms with Crippen molar-refractivity contribution >= 4 is 0 Å². The second-order valence-corrected chi connectivity index (χ2v) is 3.61. The summed E-state index contributed by atoms with van der Waals surface area (Å²) in [6.07, 6.45) is 6.44. The molecule has 0 bridgehead atoms. The second-order valence-electron chi connectivity index (χ2n) is 3.61. The summed E-state index contributed by atoms with van der Waals surface area (Å²) in [5.41, 5.74) is 1.30. The van der Waals surface area contributed by atoms with Crippen LogP contribution in [-0.2, 0) is 19.5 Å². The van der Waals surface area contributed by atoms with Crippen LogP contribution in [0.2, 0.25) is 0 Å². The Morgan fingerprint density at radius 3 is 3.12 bits per heavy atom. The Hall–Kier alpha value is -1.62. The number of aromatic nitrogens is 3. The molecule has 0 aromatic carbocycles. The van der Waals surface area contributed by atoms with Crippen molar-refractivity contribution in [1.29, 1.82) is 0 Å². The summed E-state index contributed by atoms with van der Waals surface area (Å²) in [5, 5.41) is 6.89. The lowest BCUT2D eigenvalue weighted by molar-refractivity contribution is 0.375. The standard InChI is InChI=1S/C11H16N4O/c1-2-15-6-4-10(8-15)7-12-5-3-11-13-9-14-16-11/h4,6,8-9,12H,2-3,5,7H2,1H3. The molecule has 2 rings (SSSR count). The summed E-state index contributed by atoms with van der Waals surface area (Å²) in [7, 11) is 0. The normalized spacial score (nSPS) is 10.8. The minimum Gasteiger partial charge on any atom is -0.354 e. The minimum atomic E-state index is 0.679. The lowest BCUT2D eigenvalue weighted by atomic mass is 10.3. The van der Waals surface area contributed by atoms with Gasteiger partial charge in [-0.1, -0.05) is 5.16 Å². The van der Waals surface area contributed by atoms with Gasteiger partial charge in [-0.05, 0) is 18.6 Å². The van der Waals surface area contributed by atoms with Crippen LogP contribution in [0.3, 0.4) is 0 Å². The van der Waals surface area contributed by atoms with Crippen LogP contribution in [0.1, 0.15) is 18.4 Å². The molecule has 0 aliphatic heterocycles. The zero-order valence-corrected chi connectivity index (χ0v) is 9.39. The van der Waals surface area contributed by atoms with Crippen molar-refractivity contribution in [2.24, 2.45) is 0 Å². The molecule has 2 aromatic rings. The van der Waals surface area contributed by atoms with E-state index in [1.807, 2.05) is 0 Å². The highest BCUT2D eigenvalue weighted by atomic mass is 16.5. The molecule has 2 aromatic heterocycles. The molecule has 1 N–H and O–H groups in total. The van der Waals surface area contributed by atoms with Gasteiger partial charge in [0.2, 0.25) is 5.89 Å². The second kappa shape index (κ2) is 5.46. The molecule has 0 radical (unpaired) electrons. The average molecular weight is 220 g/mol. The van der Waals surface area contributed by atoms with E-state index in [1.165, 1.54) is 11.9 Å². The highest BCUT2D eigenvalue weighted by Crippen LogP contribution is 2.00. The first-order chi connectivity index (χ1) is 7.88. The molecular weight excluding hydrogens is 204 g/mol. The van der Waals surface area contributed by atoms with E-state index in [1.54, 1.807) is 0 Å². The van der Waals surface area contributed by atoms with Gasteiger partial charge < -0.3 is 14.4 Å². The third-order valence-electron chi connectivity index (χ3n) is 2.43. The zero-order chi connectivity index (χ0) is 11.2. The van der Waals surface area contributed by atoms with Crippen molar-refractivity contribution < 1.29 is 4.52 Å². The molecule has 0 saturated carbocycles. The molecular formula is C11H16N4O. The molecule has 0 saturated heterocycles. The van der Waals surface area contributed by atoms with Crippen molar-refractivity contribution in [3.8, 4) is 0 Å². The Labute approximate surface area is 94.5 Å². The first-order valence-electron chi connectivity index (χ1n) is 5.49. The van der Waals surface area contributed by atoms with Gasteiger partial charge in [-0.3, -0.25) is 0 Å². The molecule has 0 fully saturated rings. The van der Waals surface area contributed by atoms with E-state index >= 15 is 0 Å². The smallest absolute Gasteiger partial charge is 0.227 e. The van der Waals surface area contributed by atoms with Crippen LogP contribution in [0.5, 0.6) is 0 Å². The zero-order valence-electron chi connectivity index (χ0n) is 9.39. The van der Waals surface area contributed by atoms with Crippen LogP contribution < -0.4 is 5.32 Å². The molecule has 0 amide bonds. The summed E-state index contributed by atoms with van der Waals surface area (Å²) in [5.74, 6) is 0.679. The molecule has 16 heavy (non-hydrogen) atoms. The fraction of sp³-hybridized carbons (Fsp3) is 0.455. The molecule has 2 heterocycles.